The minimum Gasteiger partial charge on any atom is -0.394 e. The van der Waals surface area contributed by atoms with Gasteiger partial charge in [-0.25, -0.2) is 0 Å². The summed E-state index contributed by atoms with van der Waals surface area (Å²) in [5.41, 5.74) is 2.15. The van der Waals surface area contributed by atoms with Crippen molar-refractivity contribution in [1.82, 2.24) is 0 Å². The molecule has 0 amide bonds. The summed E-state index contributed by atoms with van der Waals surface area (Å²) in [6.45, 7) is 2.60. The standard InChI is InChI=1S/C14H21NO3/c16-9-10-18-14-5-7-15(8-6-14)13-3-1-12(11-17)2-4-13/h1-4,14,16-17H,5-11H2. The summed E-state index contributed by atoms with van der Waals surface area (Å²) in [4.78, 5) is 2.33. The zero-order chi connectivity index (χ0) is 12.8. The highest BCUT2D eigenvalue weighted by atomic mass is 16.5. The zero-order valence-corrected chi connectivity index (χ0v) is 10.6. The van der Waals surface area contributed by atoms with Crippen LogP contribution in [-0.4, -0.2) is 42.6 Å². The molecule has 0 unspecified atom stereocenters. The van der Waals surface area contributed by atoms with E-state index in [0.29, 0.717) is 6.61 Å². The predicted octanol–water partition coefficient (Wildman–Crippen LogP) is 1.16. The molecule has 0 bridgehead atoms. The van der Waals surface area contributed by atoms with E-state index in [0.717, 1.165) is 31.5 Å². The first-order valence-electron chi connectivity index (χ1n) is 6.50. The number of nitrogens with zero attached hydrogens (tertiary/aromatic N) is 1. The minimum absolute atomic E-state index is 0.0946. The Morgan fingerprint density at radius 1 is 1.11 bits per heavy atom. The van der Waals surface area contributed by atoms with Gasteiger partial charge in [0.2, 0.25) is 0 Å². The number of piperidine rings is 1. The van der Waals surface area contributed by atoms with Gasteiger partial charge in [0, 0.05) is 18.8 Å². The topological polar surface area (TPSA) is 52.9 Å². The van der Waals surface area contributed by atoms with Crippen molar-refractivity contribution < 1.29 is 14.9 Å². The number of benzene rings is 1. The van der Waals surface area contributed by atoms with Gasteiger partial charge in [0.25, 0.3) is 0 Å². The molecule has 1 aliphatic heterocycles. The van der Waals surface area contributed by atoms with Crippen LogP contribution in [0.3, 0.4) is 0 Å². The Bertz CT molecular complexity index is 345. The van der Waals surface area contributed by atoms with E-state index >= 15 is 0 Å². The molecule has 1 heterocycles. The van der Waals surface area contributed by atoms with Gasteiger partial charge in [-0.3, -0.25) is 0 Å². The van der Waals surface area contributed by atoms with E-state index < -0.39 is 0 Å². The summed E-state index contributed by atoms with van der Waals surface area (Å²) in [6.07, 6.45) is 2.29. The summed E-state index contributed by atoms with van der Waals surface area (Å²) >= 11 is 0. The molecular formula is C14H21NO3. The van der Waals surface area contributed by atoms with E-state index in [-0.39, 0.29) is 19.3 Å². The first-order chi connectivity index (χ1) is 8.83. The summed E-state index contributed by atoms with van der Waals surface area (Å²) in [5, 5.41) is 17.7. The van der Waals surface area contributed by atoms with Crippen LogP contribution in [0, 0.1) is 0 Å². The van der Waals surface area contributed by atoms with Crippen LogP contribution in [0.15, 0.2) is 24.3 Å². The van der Waals surface area contributed by atoms with Crippen LogP contribution in [0.2, 0.25) is 0 Å². The lowest BCUT2D eigenvalue weighted by Gasteiger charge is -2.33. The van der Waals surface area contributed by atoms with Crippen LogP contribution in [0.4, 0.5) is 5.69 Å². The molecule has 0 atom stereocenters. The summed E-state index contributed by atoms with van der Waals surface area (Å²) in [5.74, 6) is 0. The number of aliphatic hydroxyl groups excluding tert-OH is 2. The molecule has 2 rings (SSSR count). The molecule has 4 heteroatoms. The molecule has 18 heavy (non-hydrogen) atoms. The maximum Gasteiger partial charge on any atom is 0.0701 e. The van der Waals surface area contributed by atoms with Crippen molar-refractivity contribution in [3.63, 3.8) is 0 Å². The third-order valence-corrected chi connectivity index (χ3v) is 3.37. The fraction of sp³-hybridized carbons (Fsp3) is 0.571. The normalized spacial score (nSPS) is 17.1. The number of ether oxygens (including phenoxy) is 1. The fourth-order valence-corrected chi connectivity index (χ4v) is 2.31. The molecule has 1 aromatic rings. The van der Waals surface area contributed by atoms with E-state index in [1.807, 2.05) is 12.1 Å². The van der Waals surface area contributed by atoms with Crippen molar-refractivity contribution in [2.24, 2.45) is 0 Å². The molecule has 0 aliphatic carbocycles. The van der Waals surface area contributed by atoms with Crippen molar-refractivity contribution in [3.8, 4) is 0 Å². The SMILES string of the molecule is OCCOC1CCN(c2ccc(CO)cc2)CC1. The smallest absolute Gasteiger partial charge is 0.0701 e. The predicted molar refractivity (Wildman–Crippen MR) is 70.6 cm³/mol. The minimum atomic E-state index is 0.0946. The average molecular weight is 251 g/mol. The van der Waals surface area contributed by atoms with Gasteiger partial charge in [-0.2, -0.15) is 0 Å². The summed E-state index contributed by atoms with van der Waals surface area (Å²) < 4.78 is 5.54. The highest BCUT2D eigenvalue weighted by Crippen LogP contribution is 2.21. The van der Waals surface area contributed by atoms with E-state index in [1.54, 1.807) is 0 Å². The van der Waals surface area contributed by atoms with Crippen molar-refractivity contribution in [2.45, 2.75) is 25.6 Å². The van der Waals surface area contributed by atoms with Crippen molar-refractivity contribution >= 4 is 5.69 Å². The Labute approximate surface area is 108 Å². The largest absolute Gasteiger partial charge is 0.394 e. The van der Waals surface area contributed by atoms with Crippen LogP contribution < -0.4 is 4.90 Å². The van der Waals surface area contributed by atoms with Crippen LogP contribution in [-0.2, 0) is 11.3 Å². The second-order valence-electron chi connectivity index (χ2n) is 4.61. The van der Waals surface area contributed by atoms with Gasteiger partial charge >= 0.3 is 0 Å². The fourth-order valence-electron chi connectivity index (χ4n) is 2.31. The maximum absolute atomic E-state index is 9.01. The Balaban J connectivity index is 1.84. The lowest BCUT2D eigenvalue weighted by Crippen LogP contribution is -2.37. The van der Waals surface area contributed by atoms with Crippen molar-refractivity contribution in [2.75, 3.05) is 31.2 Å². The molecule has 0 spiro atoms. The second kappa shape index (κ2) is 6.73. The quantitative estimate of drug-likeness (QED) is 0.824. The molecule has 4 nitrogen and oxygen atoms in total. The molecule has 0 aromatic heterocycles. The summed E-state index contributed by atoms with van der Waals surface area (Å²) in [7, 11) is 0. The van der Waals surface area contributed by atoms with Gasteiger partial charge < -0.3 is 19.8 Å². The average Bonchev–Trinajstić information content (AvgIpc) is 2.46. The highest BCUT2D eigenvalue weighted by Gasteiger charge is 2.19. The monoisotopic (exact) mass is 251 g/mol. The van der Waals surface area contributed by atoms with E-state index in [9.17, 15) is 0 Å². The molecular weight excluding hydrogens is 230 g/mol. The van der Waals surface area contributed by atoms with E-state index in [4.69, 9.17) is 14.9 Å². The molecule has 1 aliphatic rings. The molecule has 0 saturated carbocycles. The van der Waals surface area contributed by atoms with Crippen LogP contribution in [0.5, 0.6) is 0 Å². The van der Waals surface area contributed by atoms with Crippen LogP contribution in [0.1, 0.15) is 18.4 Å². The molecule has 2 N–H and O–H groups in total. The molecule has 1 saturated heterocycles. The Morgan fingerprint density at radius 2 is 1.78 bits per heavy atom. The number of hydrogen-bond donors (Lipinski definition) is 2. The molecule has 1 aromatic carbocycles. The molecule has 100 valence electrons. The number of anilines is 1. The van der Waals surface area contributed by atoms with Gasteiger partial charge in [0.1, 0.15) is 0 Å². The third kappa shape index (κ3) is 3.45. The lowest BCUT2D eigenvalue weighted by molar-refractivity contribution is 0.0159. The van der Waals surface area contributed by atoms with Gasteiger partial charge in [-0.15, -0.1) is 0 Å². The van der Waals surface area contributed by atoms with Gasteiger partial charge in [0.15, 0.2) is 0 Å². The van der Waals surface area contributed by atoms with E-state index in [2.05, 4.69) is 17.0 Å². The zero-order valence-electron chi connectivity index (χ0n) is 10.6. The van der Waals surface area contributed by atoms with Crippen LogP contribution in [0.25, 0.3) is 0 Å². The van der Waals surface area contributed by atoms with Gasteiger partial charge in [-0.05, 0) is 30.5 Å². The lowest BCUT2D eigenvalue weighted by atomic mass is 10.1. The Hall–Kier alpha value is -1.10. The van der Waals surface area contributed by atoms with Gasteiger partial charge in [0.05, 0.1) is 25.9 Å². The first kappa shape index (κ1) is 13.3. The Morgan fingerprint density at radius 3 is 2.33 bits per heavy atom. The van der Waals surface area contributed by atoms with Gasteiger partial charge in [-0.1, -0.05) is 12.1 Å². The second-order valence-corrected chi connectivity index (χ2v) is 4.61. The number of hydrogen-bond acceptors (Lipinski definition) is 4. The van der Waals surface area contributed by atoms with Crippen molar-refractivity contribution in [1.29, 1.82) is 0 Å². The Kier molecular flexibility index (Phi) is 4.99. The summed E-state index contributed by atoms with van der Waals surface area (Å²) in [6, 6.07) is 8.04. The maximum atomic E-state index is 9.01. The highest BCUT2D eigenvalue weighted by molar-refractivity contribution is 5.47. The first-order valence-corrected chi connectivity index (χ1v) is 6.50. The third-order valence-electron chi connectivity index (χ3n) is 3.37. The number of rotatable bonds is 5. The van der Waals surface area contributed by atoms with E-state index in [1.165, 1.54) is 5.69 Å². The van der Waals surface area contributed by atoms with Crippen molar-refractivity contribution in [3.05, 3.63) is 29.8 Å². The molecule has 0 radical (unpaired) electrons. The molecule has 1 fully saturated rings. The number of aliphatic hydroxyl groups is 2. The van der Waals surface area contributed by atoms with Crippen LogP contribution >= 0.6 is 0 Å².